The van der Waals surface area contributed by atoms with E-state index in [1.807, 2.05) is 18.2 Å². The molecule has 0 unspecified atom stereocenters. The number of ether oxygens (including phenoxy) is 2. The number of aryl methyl sites for hydroxylation is 1. The van der Waals surface area contributed by atoms with Crippen molar-refractivity contribution in [2.24, 2.45) is 0 Å². The van der Waals surface area contributed by atoms with Crippen LogP contribution in [0.15, 0.2) is 48.5 Å². The number of carbonyl (C=O) groups excluding carboxylic acids is 2. The van der Waals surface area contributed by atoms with Crippen LogP contribution in [0, 0.1) is 0 Å². The van der Waals surface area contributed by atoms with E-state index in [4.69, 9.17) is 9.47 Å². The van der Waals surface area contributed by atoms with Gasteiger partial charge in [0.1, 0.15) is 0 Å². The monoisotopic (exact) mass is 384 g/mol. The maximum atomic E-state index is 12.1. The van der Waals surface area contributed by atoms with E-state index in [1.165, 1.54) is 12.5 Å². The van der Waals surface area contributed by atoms with Gasteiger partial charge in [-0.05, 0) is 30.5 Å². The van der Waals surface area contributed by atoms with Gasteiger partial charge in [-0.25, -0.2) is 0 Å². The summed E-state index contributed by atoms with van der Waals surface area (Å²) in [5.74, 6) is 0.923. The zero-order valence-corrected chi connectivity index (χ0v) is 16.7. The minimum Gasteiger partial charge on any atom is -0.493 e. The van der Waals surface area contributed by atoms with Gasteiger partial charge in [-0.1, -0.05) is 30.3 Å². The molecule has 0 aliphatic carbocycles. The molecule has 28 heavy (non-hydrogen) atoms. The molecular formula is C22H28N2O4. The molecule has 0 bridgehead atoms. The number of rotatable bonds is 10. The summed E-state index contributed by atoms with van der Waals surface area (Å²) in [5.41, 5.74) is 1.93. The molecule has 6 nitrogen and oxygen atoms in total. The minimum absolute atomic E-state index is 0.0696. The third kappa shape index (κ3) is 6.30. The molecule has 0 saturated heterocycles. The van der Waals surface area contributed by atoms with Crippen LogP contribution < -0.4 is 19.7 Å². The summed E-state index contributed by atoms with van der Waals surface area (Å²) in [4.78, 5) is 25.8. The highest BCUT2D eigenvalue weighted by molar-refractivity contribution is 5.92. The number of hydrogen-bond donors (Lipinski definition) is 1. The summed E-state index contributed by atoms with van der Waals surface area (Å²) in [7, 11) is 3.10. The van der Waals surface area contributed by atoms with Gasteiger partial charge in [0, 0.05) is 38.2 Å². The zero-order chi connectivity index (χ0) is 20.4. The molecule has 2 amide bonds. The van der Waals surface area contributed by atoms with Crippen molar-refractivity contribution in [3.05, 3.63) is 54.1 Å². The molecule has 0 radical (unpaired) electrons. The molecule has 0 spiro atoms. The highest BCUT2D eigenvalue weighted by atomic mass is 16.5. The van der Waals surface area contributed by atoms with Crippen molar-refractivity contribution in [2.45, 2.75) is 26.2 Å². The Morgan fingerprint density at radius 1 is 1.00 bits per heavy atom. The fraction of sp³-hybridized carbons (Fsp3) is 0.364. The van der Waals surface area contributed by atoms with Gasteiger partial charge >= 0.3 is 0 Å². The maximum absolute atomic E-state index is 12.1. The van der Waals surface area contributed by atoms with Gasteiger partial charge in [-0.3, -0.25) is 9.59 Å². The number of nitrogens with one attached hydrogen (secondary N) is 1. The maximum Gasteiger partial charge on any atom is 0.223 e. The van der Waals surface area contributed by atoms with Gasteiger partial charge in [-0.15, -0.1) is 0 Å². The molecule has 0 aliphatic rings. The van der Waals surface area contributed by atoms with Crippen LogP contribution in [0.25, 0.3) is 0 Å². The Bertz CT molecular complexity index is 777. The first kappa shape index (κ1) is 21.3. The number of methoxy groups -OCH3 is 2. The van der Waals surface area contributed by atoms with Crippen LogP contribution in [0.1, 0.15) is 25.3 Å². The Balaban J connectivity index is 1.84. The zero-order valence-electron chi connectivity index (χ0n) is 16.7. The topological polar surface area (TPSA) is 67.9 Å². The first-order chi connectivity index (χ1) is 13.5. The molecule has 0 aromatic heterocycles. The van der Waals surface area contributed by atoms with E-state index in [1.54, 1.807) is 37.3 Å². The molecule has 150 valence electrons. The summed E-state index contributed by atoms with van der Waals surface area (Å²) in [5, 5.41) is 2.92. The normalized spacial score (nSPS) is 10.2. The molecule has 2 aromatic rings. The molecule has 0 aliphatic heterocycles. The fourth-order valence-corrected chi connectivity index (χ4v) is 2.93. The third-order valence-electron chi connectivity index (χ3n) is 4.43. The summed E-state index contributed by atoms with van der Waals surface area (Å²) in [6.45, 7) is 2.40. The minimum atomic E-state index is -0.135. The van der Waals surface area contributed by atoms with E-state index >= 15 is 0 Å². The van der Waals surface area contributed by atoms with Crippen LogP contribution in [-0.2, 0) is 16.0 Å². The molecule has 6 heteroatoms. The van der Waals surface area contributed by atoms with Crippen LogP contribution in [0.2, 0.25) is 0 Å². The largest absolute Gasteiger partial charge is 0.493 e. The van der Waals surface area contributed by atoms with E-state index in [-0.39, 0.29) is 18.2 Å². The van der Waals surface area contributed by atoms with Crippen molar-refractivity contribution in [3.8, 4) is 11.5 Å². The standard InChI is InChI=1S/C22H28N2O4/c1-17(25)24(19-11-12-20(27-2)21(16-19)28-3)15-13-22(26)23-14-7-10-18-8-5-4-6-9-18/h4-6,8-9,11-12,16H,7,10,13-15H2,1-3H3,(H,23,26). The predicted molar refractivity (Wildman–Crippen MR) is 110 cm³/mol. The average Bonchev–Trinajstić information content (AvgIpc) is 2.71. The fourth-order valence-electron chi connectivity index (χ4n) is 2.93. The summed E-state index contributed by atoms with van der Waals surface area (Å²) < 4.78 is 10.5. The molecular weight excluding hydrogens is 356 g/mol. The summed E-state index contributed by atoms with van der Waals surface area (Å²) in [6, 6.07) is 15.4. The number of amides is 2. The van der Waals surface area contributed by atoms with Crippen molar-refractivity contribution in [1.82, 2.24) is 5.32 Å². The van der Waals surface area contributed by atoms with E-state index in [0.29, 0.717) is 30.3 Å². The third-order valence-corrected chi connectivity index (χ3v) is 4.43. The van der Waals surface area contributed by atoms with Crippen molar-refractivity contribution in [3.63, 3.8) is 0 Å². The van der Waals surface area contributed by atoms with Gasteiger partial charge in [0.2, 0.25) is 11.8 Å². The molecule has 2 aromatic carbocycles. The molecule has 2 rings (SSSR count). The number of anilines is 1. The lowest BCUT2D eigenvalue weighted by molar-refractivity contribution is -0.121. The highest BCUT2D eigenvalue weighted by Gasteiger charge is 2.15. The van der Waals surface area contributed by atoms with Crippen LogP contribution in [0.3, 0.4) is 0 Å². The van der Waals surface area contributed by atoms with Crippen molar-refractivity contribution in [2.75, 3.05) is 32.2 Å². The summed E-state index contributed by atoms with van der Waals surface area (Å²) in [6.07, 6.45) is 2.04. The molecule has 0 saturated carbocycles. The highest BCUT2D eigenvalue weighted by Crippen LogP contribution is 2.31. The SMILES string of the molecule is COc1ccc(N(CCC(=O)NCCCc2ccccc2)C(C)=O)cc1OC. The Morgan fingerprint density at radius 2 is 1.71 bits per heavy atom. The van der Waals surface area contributed by atoms with Gasteiger partial charge in [0.25, 0.3) is 0 Å². The second-order valence-corrected chi connectivity index (χ2v) is 6.40. The van der Waals surface area contributed by atoms with Gasteiger partial charge in [-0.2, -0.15) is 0 Å². The van der Waals surface area contributed by atoms with Crippen molar-refractivity contribution >= 4 is 17.5 Å². The van der Waals surface area contributed by atoms with Crippen LogP contribution in [0.5, 0.6) is 11.5 Å². The lowest BCUT2D eigenvalue weighted by Gasteiger charge is -2.22. The first-order valence-electron chi connectivity index (χ1n) is 9.36. The van der Waals surface area contributed by atoms with Crippen LogP contribution in [-0.4, -0.2) is 39.1 Å². The first-order valence-corrected chi connectivity index (χ1v) is 9.36. The van der Waals surface area contributed by atoms with Gasteiger partial charge < -0.3 is 19.7 Å². The van der Waals surface area contributed by atoms with Gasteiger partial charge in [0.15, 0.2) is 11.5 Å². The van der Waals surface area contributed by atoms with Crippen molar-refractivity contribution < 1.29 is 19.1 Å². The molecule has 0 atom stereocenters. The smallest absolute Gasteiger partial charge is 0.223 e. The second kappa shape index (κ2) is 11.0. The molecule has 0 heterocycles. The van der Waals surface area contributed by atoms with E-state index < -0.39 is 0 Å². The van der Waals surface area contributed by atoms with Gasteiger partial charge in [0.05, 0.1) is 14.2 Å². The lowest BCUT2D eigenvalue weighted by atomic mass is 10.1. The Hall–Kier alpha value is -3.02. The Labute approximate surface area is 166 Å². The quantitative estimate of drug-likeness (QED) is 0.639. The number of nitrogens with zero attached hydrogens (tertiary/aromatic N) is 1. The Morgan fingerprint density at radius 3 is 2.36 bits per heavy atom. The lowest BCUT2D eigenvalue weighted by Crippen LogP contribution is -2.34. The van der Waals surface area contributed by atoms with Crippen LogP contribution >= 0.6 is 0 Å². The number of hydrogen-bond acceptors (Lipinski definition) is 4. The van der Waals surface area contributed by atoms with Crippen LogP contribution in [0.4, 0.5) is 5.69 Å². The second-order valence-electron chi connectivity index (χ2n) is 6.40. The number of carbonyl (C=O) groups is 2. The average molecular weight is 384 g/mol. The molecule has 1 N–H and O–H groups in total. The van der Waals surface area contributed by atoms with E-state index in [0.717, 1.165) is 12.8 Å². The predicted octanol–water partition coefficient (Wildman–Crippen LogP) is 3.20. The molecule has 0 fully saturated rings. The Kier molecular flexibility index (Phi) is 8.34. The van der Waals surface area contributed by atoms with E-state index in [2.05, 4.69) is 17.4 Å². The van der Waals surface area contributed by atoms with Crippen molar-refractivity contribution in [1.29, 1.82) is 0 Å². The van der Waals surface area contributed by atoms with E-state index in [9.17, 15) is 9.59 Å². The number of benzene rings is 2. The summed E-state index contributed by atoms with van der Waals surface area (Å²) >= 11 is 0.